The molecule has 10 rings (SSSR count). The molecule has 7 heteroatoms. The number of fused-ring (bicyclic) bond motifs is 6. The fraction of sp³-hybridized carbons (Fsp3) is 0.211. The van der Waals surface area contributed by atoms with Gasteiger partial charge in [-0.05, 0) is 70.1 Å². The first-order valence-corrected chi connectivity index (χ1v) is 25.5. The molecule has 0 aliphatic carbocycles. The molecule has 4 heterocycles. The number of imidazole rings is 1. The van der Waals surface area contributed by atoms with Crippen LogP contribution in [-0.4, -0.2) is 27.6 Å². The Labute approximate surface area is 392 Å². The molecule has 323 valence electrons. The third-order valence-electron chi connectivity index (χ3n) is 11.8. The zero-order chi connectivity index (χ0) is 44.0. The average molecular weight is 1030 g/mol. The van der Waals surface area contributed by atoms with Gasteiger partial charge >= 0.3 is 0 Å². The van der Waals surface area contributed by atoms with Crippen LogP contribution in [0.4, 0.5) is 0 Å². The second-order valence-corrected chi connectivity index (χ2v) is 24.2. The van der Waals surface area contributed by atoms with Crippen molar-refractivity contribution in [1.29, 1.82) is 0 Å². The summed E-state index contributed by atoms with van der Waals surface area (Å²) in [6, 6.07) is 55.4. The van der Waals surface area contributed by atoms with Crippen molar-refractivity contribution >= 4 is 57.1 Å². The predicted molar refractivity (Wildman–Crippen MR) is 267 cm³/mol. The van der Waals surface area contributed by atoms with Gasteiger partial charge in [0.2, 0.25) is 5.71 Å². The average Bonchev–Trinajstić information content (AvgIpc) is 3.85. The quantitative estimate of drug-likeness (QED) is 0.118. The zero-order valence-corrected chi connectivity index (χ0v) is 41.6. The van der Waals surface area contributed by atoms with Crippen LogP contribution in [0.5, 0.6) is 0 Å². The van der Waals surface area contributed by atoms with Gasteiger partial charge in [0.05, 0.1) is 30.5 Å². The van der Waals surface area contributed by atoms with E-state index in [1.807, 2.05) is 24.3 Å². The molecule has 1 radical (unpaired) electrons. The Balaban J connectivity index is 0.000000216. The van der Waals surface area contributed by atoms with Gasteiger partial charge in [-0.2, -0.15) is 0 Å². The van der Waals surface area contributed by atoms with Gasteiger partial charge in [0.1, 0.15) is 0 Å². The van der Waals surface area contributed by atoms with Gasteiger partial charge < -0.3 is 14.0 Å². The molecule has 0 fully saturated rings. The van der Waals surface area contributed by atoms with Crippen LogP contribution in [0.3, 0.4) is 0 Å². The summed E-state index contributed by atoms with van der Waals surface area (Å²) < 4.78 is 8.78. The summed E-state index contributed by atoms with van der Waals surface area (Å²) in [6.45, 7) is 20.4. The number of nitrogens with zero attached hydrogens (tertiary/aromatic N) is 4. The predicted octanol–water partition coefficient (Wildman–Crippen LogP) is 14.5. The van der Waals surface area contributed by atoms with Crippen molar-refractivity contribution in [1.82, 2.24) is 19.5 Å². The monoisotopic (exact) mass is 1030 g/mol. The van der Waals surface area contributed by atoms with E-state index in [2.05, 4.69) is 199 Å². The molecular formula is C57H54IrN4OSi-2. The van der Waals surface area contributed by atoms with Crippen molar-refractivity contribution in [3.63, 3.8) is 0 Å². The number of pyridine rings is 2. The van der Waals surface area contributed by atoms with E-state index >= 15 is 0 Å². The summed E-state index contributed by atoms with van der Waals surface area (Å²) >= 11 is 0. The molecule has 64 heavy (non-hydrogen) atoms. The Kier molecular flexibility index (Phi) is 12.5. The molecule has 0 unspecified atom stereocenters. The maximum absolute atomic E-state index is 6.53. The van der Waals surface area contributed by atoms with Crippen LogP contribution in [0, 0.1) is 25.0 Å². The molecule has 10 aromatic rings. The molecule has 0 spiro atoms. The van der Waals surface area contributed by atoms with Crippen molar-refractivity contribution in [3.8, 4) is 39.5 Å². The van der Waals surface area contributed by atoms with Gasteiger partial charge in [0.25, 0.3) is 0 Å². The second-order valence-electron chi connectivity index (χ2n) is 19.1. The molecule has 4 aromatic heterocycles. The molecule has 0 bridgehead atoms. The Morgan fingerprint density at radius 1 is 0.703 bits per heavy atom. The SMILES string of the molecule is CC(C)(C)c1ccc2c(n1)oc1c(-c3nc4ccc5ccccc5c4n3-c3ccc(-c4ccccc4)cc3)[c-]ccc12.Cc1ccc[c-]c1-c1cc(CC(C)C)c([Si](C)(C)C)cn1.[Ir]. The van der Waals surface area contributed by atoms with E-state index in [-0.39, 0.29) is 25.5 Å². The largest absolute Gasteiger partial charge is 0.486 e. The van der Waals surface area contributed by atoms with Gasteiger partial charge in [-0.3, -0.25) is 4.98 Å². The van der Waals surface area contributed by atoms with Crippen LogP contribution >= 0.6 is 0 Å². The Morgan fingerprint density at radius 2 is 1.42 bits per heavy atom. The number of aromatic nitrogens is 4. The Morgan fingerprint density at radius 3 is 2.14 bits per heavy atom. The molecule has 0 aliphatic heterocycles. The molecule has 5 nitrogen and oxygen atoms in total. The third-order valence-corrected chi connectivity index (χ3v) is 13.9. The summed E-state index contributed by atoms with van der Waals surface area (Å²) in [5.74, 6) is 1.45. The Bertz CT molecular complexity index is 3260. The van der Waals surface area contributed by atoms with Crippen LogP contribution in [0.2, 0.25) is 19.6 Å². The van der Waals surface area contributed by atoms with E-state index in [0.29, 0.717) is 11.6 Å². The molecule has 0 saturated carbocycles. The molecule has 0 N–H and O–H groups in total. The minimum Gasteiger partial charge on any atom is -0.486 e. The van der Waals surface area contributed by atoms with Crippen LogP contribution in [-0.2, 0) is 31.9 Å². The van der Waals surface area contributed by atoms with Gasteiger partial charge in [-0.1, -0.05) is 157 Å². The number of hydrogen-bond donors (Lipinski definition) is 0. The summed E-state index contributed by atoms with van der Waals surface area (Å²) in [5.41, 5.74) is 13.4. The fourth-order valence-corrected chi connectivity index (χ4v) is 10.2. The van der Waals surface area contributed by atoms with Crippen molar-refractivity contribution in [2.24, 2.45) is 5.92 Å². The van der Waals surface area contributed by atoms with Gasteiger partial charge in [0, 0.05) is 53.9 Å². The van der Waals surface area contributed by atoms with Crippen molar-refractivity contribution in [2.45, 2.75) is 73.0 Å². The number of rotatable bonds is 7. The normalized spacial score (nSPS) is 11.9. The number of aryl methyl sites for hydroxylation is 1. The van der Waals surface area contributed by atoms with Crippen LogP contribution in [0.25, 0.3) is 83.3 Å². The molecule has 0 saturated heterocycles. The van der Waals surface area contributed by atoms with E-state index < -0.39 is 8.07 Å². The van der Waals surface area contributed by atoms with Gasteiger partial charge in [0.15, 0.2) is 0 Å². The third kappa shape index (κ3) is 8.77. The van der Waals surface area contributed by atoms with Crippen LogP contribution in [0.1, 0.15) is 51.4 Å². The standard InChI is InChI=1S/C38H28N3O.C19H26NSi.Ir/c1-38(2,3)33-23-21-30-29-14-9-15-31(35(29)42-37(30)40-33)36-39-32-22-18-26-12-7-8-13-28(26)34(32)41(36)27-19-16-25(17-20-27)24-10-5-4-6-11-24;1-14(2)11-16-12-18(17-10-8-7-9-15(17)3)20-13-19(16)21(4,5)6;/h4-14,16-23H,1-3H3;7-9,12-14H,11H2,1-6H3;/q2*-1;. The summed E-state index contributed by atoms with van der Waals surface area (Å²) in [5, 5.41) is 5.81. The number of hydrogen-bond acceptors (Lipinski definition) is 4. The molecule has 6 aromatic carbocycles. The Hall–Kier alpha value is -5.98. The summed E-state index contributed by atoms with van der Waals surface area (Å²) in [4.78, 5) is 14.9. The van der Waals surface area contributed by atoms with E-state index in [1.165, 1.54) is 32.8 Å². The van der Waals surface area contributed by atoms with E-state index in [1.54, 1.807) is 0 Å². The second kappa shape index (κ2) is 17.9. The van der Waals surface area contributed by atoms with E-state index in [9.17, 15) is 0 Å². The van der Waals surface area contributed by atoms with Crippen molar-refractivity contribution in [3.05, 3.63) is 175 Å². The molecular weight excluding hydrogens is 977 g/mol. The van der Waals surface area contributed by atoms with E-state index in [0.717, 1.165) is 73.2 Å². The first-order chi connectivity index (χ1) is 30.2. The topological polar surface area (TPSA) is 56.7 Å². The smallest absolute Gasteiger partial charge is 0.216 e. The number of benzene rings is 6. The molecule has 0 atom stereocenters. The minimum atomic E-state index is -1.35. The summed E-state index contributed by atoms with van der Waals surface area (Å²) in [6.07, 6.45) is 3.25. The summed E-state index contributed by atoms with van der Waals surface area (Å²) in [7, 11) is -1.35. The van der Waals surface area contributed by atoms with Crippen LogP contribution in [0.15, 0.2) is 150 Å². The molecule has 0 amide bonds. The maximum atomic E-state index is 6.53. The molecule has 0 aliphatic rings. The van der Waals surface area contributed by atoms with Gasteiger partial charge in [-0.15, -0.1) is 53.6 Å². The number of furan rings is 1. The zero-order valence-electron chi connectivity index (χ0n) is 38.2. The van der Waals surface area contributed by atoms with Crippen LogP contribution < -0.4 is 5.19 Å². The first-order valence-electron chi connectivity index (χ1n) is 22.0. The van der Waals surface area contributed by atoms with Gasteiger partial charge in [-0.25, -0.2) is 4.98 Å². The minimum absolute atomic E-state index is 0. The van der Waals surface area contributed by atoms with Crippen molar-refractivity contribution in [2.75, 3.05) is 0 Å². The van der Waals surface area contributed by atoms with E-state index in [4.69, 9.17) is 19.4 Å². The maximum Gasteiger partial charge on any atom is 0.216 e. The fourth-order valence-electron chi connectivity index (χ4n) is 8.61. The first kappa shape index (κ1) is 44.6. The van der Waals surface area contributed by atoms with Crippen molar-refractivity contribution < 1.29 is 24.5 Å².